The molecule has 1 aliphatic heterocycles. The third-order valence-electron chi connectivity index (χ3n) is 2.64. The highest BCUT2D eigenvalue weighted by Gasteiger charge is 2.19. The highest BCUT2D eigenvalue weighted by atomic mass is 16.5. The lowest BCUT2D eigenvalue weighted by atomic mass is 10.1. The lowest BCUT2D eigenvalue weighted by molar-refractivity contribution is 0.302. The normalized spacial score (nSPS) is 15.3. The number of fused-ring (bicyclic) bond motifs is 1. The zero-order chi connectivity index (χ0) is 10.1. The smallest absolute Gasteiger partial charge is 0.142 e. The summed E-state index contributed by atoms with van der Waals surface area (Å²) in [6.45, 7) is 8.32. The standard InChI is InChI=1S/C12H17NO/c1-9(2)13-6-7-14-12-8-10(3)4-5-11(12)13/h4-5,8-9H,6-7H2,1-3H3. The SMILES string of the molecule is Cc1ccc2c(c1)OCCN2C(C)C. The van der Waals surface area contributed by atoms with Gasteiger partial charge in [-0.15, -0.1) is 0 Å². The van der Waals surface area contributed by atoms with Crippen LogP contribution < -0.4 is 9.64 Å². The van der Waals surface area contributed by atoms with Crippen molar-refractivity contribution < 1.29 is 4.74 Å². The van der Waals surface area contributed by atoms with Gasteiger partial charge in [-0.05, 0) is 38.5 Å². The molecule has 2 rings (SSSR count). The third kappa shape index (κ3) is 1.57. The van der Waals surface area contributed by atoms with Crippen LogP contribution >= 0.6 is 0 Å². The number of hydrogen-bond acceptors (Lipinski definition) is 2. The predicted molar refractivity (Wildman–Crippen MR) is 59.2 cm³/mol. The molecule has 0 spiro atoms. The maximum atomic E-state index is 5.64. The van der Waals surface area contributed by atoms with E-state index >= 15 is 0 Å². The quantitative estimate of drug-likeness (QED) is 0.676. The lowest BCUT2D eigenvalue weighted by Crippen LogP contribution is -2.37. The van der Waals surface area contributed by atoms with Gasteiger partial charge < -0.3 is 9.64 Å². The average Bonchev–Trinajstić information content (AvgIpc) is 2.16. The number of aryl methyl sites for hydroxylation is 1. The van der Waals surface area contributed by atoms with Crippen LogP contribution in [0.3, 0.4) is 0 Å². The Kier molecular flexibility index (Phi) is 2.36. The fourth-order valence-corrected chi connectivity index (χ4v) is 1.89. The minimum atomic E-state index is 0.542. The van der Waals surface area contributed by atoms with Crippen LogP contribution in [-0.2, 0) is 0 Å². The summed E-state index contributed by atoms with van der Waals surface area (Å²) < 4.78 is 5.64. The molecule has 0 radical (unpaired) electrons. The molecule has 2 heteroatoms. The van der Waals surface area contributed by atoms with Crippen molar-refractivity contribution in [3.63, 3.8) is 0 Å². The minimum absolute atomic E-state index is 0.542. The highest BCUT2D eigenvalue weighted by molar-refractivity contribution is 5.61. The van der Waals surface area contributed by atoms with Crippen LogP contribution in [0.25, 0.3) is 0 Å². The minimum Gasteiger partial charge on any atom is -0.490 e. The molecule has 0 amide bonds. The van der Waals surface area contributed by atoms with Crippen molar-refractivity contribution in [1.82, 2.24) is 0 Å². The number of benzene rings is 1. The summed E-state index contributed by atoms with van der Waals surface area (Å²) in [6, 6.07) is 6.96. The van der Waals surface area contributed by atoms with Gasteiger partial charge in [0.2, 0.25) is 0 Å². The van der Waals surface area contributed by atoms with E-state index in [1.54, 1.807) is 0 Å². The van der Waals surface area contributed by atoms with E-state index in [0.29, 0.717) is 6.04 Å². The van der Waals surface area contributed by atoms with E-state index < -0.39 is 0 Å². The summed E-state index contributed by atoms with van der Waals surface area (Å²) in [5.74, 6) is 1.03. The summed E-state index contributed by atoms with van der Waals surface area (Å²) in [4.78, 5) is 2.39. The number of ether oxygens (including phenoxy) is 1. The van der Waals surface area contributed by atoms with Gasteiger partial charge in [-0.25, -0.2) is 0 Å². The Morgan fingerprint density at radius 3 is 2.86 bits per heavy atom. The number of hydrogen-bond donors (Lipinski definition) is 0. The molecule has 0 aliphatic carbocycles. The van der Waals surface area contributed by atoms with Crippen molar-refractivity contribution in [2.75, 3.05) is 18.1 Å². The van der Waals surface area contributed by atoms with Crippen molar-refractivity contribution in [1.29, 1.82) is 0 Å². The van der Waals surface area contributed by atoms with Gasteiger partial charge in [-0.3, -0.25) is 0 Å². The Bertz CT molecular complexity index is 333. The first-order chi connectivity index (χ1) is 6.68. The Labute approximate surface area is 85.5 Å². The lowest BCUT2D eigenvalue weighted by Gasteiger charge is -2.34. The molecule has 2 nitrogen and oxygen atoms in total. The monoisotopic (exact) mass is 191 g/mol. The van der Waals surface area contributed by atoms with Crippen molar-refractivity contribution >= 4 is 5.69 Å². The van der Waals surface area contributed by atoms with Crippen molar-refractivity contribution in [2.45, 2.75) is 26.8 Å². The fourth-order valence-electron chi connectivity index (χ4n) is 1.89. The zero-order valence-electron chi connectivity index (χ0n) is 9.08. The number of rotatable bonds is 1. The molecule has 0 bridgehead atoms. The fraction of sp³-hybridized carbons (Fsp3) is 0.500. The molecule has 1 aliphatic rings. The second-order valence-corrected chi connectivity index (χ2v) is 4.11. The first kappa shape index (κ1) is 9.38. The molecule has 76 valence electrons. The predicted octanol–water partition coefficient (Wildman–Crippen LogP) is 2.60. The van der Waals surface area contributed by atoms with E-state index in [0.717, 1.165) is 18.9 Å². The van der Waals surface area contributed by atoms with Crippen LogP contribution in [0, 0.1) is 6.92 Å². The molecule has 1 heterocycles. The maximum Gasteiger partial charge on any atom is 0.142 e. The van der Waals surface area contributed by atoms with E-state index in [1.165, 1.54) is 11.3 Å². The van der Waals surface area contributed by atoms with Crippen LogP contribution in [0.5, 0.6) is 5.75 Å². The van der Waals surface area contributed by atoms with Gasteiger partial charge in [0.25, 0.3) is 0 Å². The second kappa shape index (κ2) is 3.52. The molecule has 0 N–H and O–H groups in total. The molecular formula is C12H17NO. The summed E-state index contributed by atoms with van der Waals surface area (Å²) in [6.07, 6.45) is 0. The topological polar surface area (TPSA) is 12.5 Å². The Morgan fingerprint density at radius 2 is 2.14 bits per heavy atom. The van der Waals surface area contributed by atoms with E-state index in [4.69, 9.17) is 4.74 Å². The molecular weight excluding hydrogens is 174 g/mol. The van der Waals surface area contributed by atoms with Gasteiger partial charge in [0.1, 0.15) is 12.4 Å². The van der Waals surface area contributed by atoms with Crippen LogP contribution in [0.2, 0.25) is 0 Å². The molecule has 0 fully saturated rings. The van der Waals surface area contributed by atoms with Gasteiger partial charge >= 0.3 is 0 Å². The average molecular weight is 191 g/mol. The van der Waals surface area contributed by atoms with E-state index in [2.05, 4.69) is 43.9 Å². The van der Waals surface area contributed by atoms with E-state index in [1.807, 2.05) is 0 Å². The van der Waals surface area contributed by atoms with E-state index in [9.17, 15) is 0 Å². The molecule has 0 saturated heterocycles. The maximum absolute atomic E-state index is 5.64. The third-order valence-corrected chi connectivity index (χ3v) is 2.64. The molecule has 0 atom stereocenters. The van der Waals surface area contributed by atoms with Crippen LogP contribution in [0.15, 0.2) is 18.2 Å². The number of nitrogens with zero attached hydrogens (tertiary/aromatic N) is 1. The molecule has 0 saturated carbocycles. The van der Waals surface area contributed by atoms with Gasteiger partial charge in [-0.1, -0.05) is 6.07 Å². The Hall–Kier alpha value is -1.18. The Morgan fingerprint density at radius 1 is 1.36 bits per heavy atom. The second-order valence-electron chi connectivity index (χ2n) is 4.11. The first-order valence-electron chi connectivity index (χ1n) is 5.18. The van der Waals surface area contributed by atoms with Gasteiger partial charge in [0.15, 0.2) is 0 Å². The molecule has 0 unspecified atom stereocenters. The van der Waals surface area contributed by atoms with Crippen LogP contribution in [-0.4, -0.2) is 19.2 Å². The van der Waals surface area contributed by atoms with Gasteiger partial charge in [0.05, 0.1) is 12.2 Å². The van der Waals surface area contributed by atoms with E-state index in [-0.39, 0.29) is 0 Å². The van der Waals surface area contributed by atoms with Gasteiger partial charge in [-0.2, -0.15) is 0 Å². The number of anilines is 1. The summed E-state index contributed by atoms with van der Waals surface area (Å²) in [5, 5.41) is 0. The van der Waals surface area contributed by atoms with Crippen LogP contribution in [0.4, 0.5) is 5.69 Å². The van der Waals surface area contributed by atoms with Crippen molar-refractivity contribution in [3.8, 4) is 5.75 Å². The molecule has 14 heavy (non-hydrogen) atoms. The van der Waals surface area contributed by atoms with Crippen molar-refractivity contribution in [2.24, 2.45) is 0 Å². The summed E-state index contributed by atoms with van der Waals surface area (Å²) >= 11 is 0. The summed E-state index contributed by atoms with van der Waals surface area (Å²) in [7, 11) is 0. The summed E-state index contributed by atoms with van der Waals surface area (Å²) in [5.41, 5.74) is 2.49. The van der Waals surface area contributed by atoms with Crippen molar-refractivity contribution in [3.05, 3.63) is 23.8 Å². The van der Waals surface area contributed by atoms with Gasteiger partial charge in [0, 0.05) is 6.04 Å². The largest absolute Gasteiger partial charge is 0.490 e. The zero-order valence-corrected chi connectivity index (χ0v) is 9.08. The Balaban J connectivity index is 2.40. The van der Waals surface area contributed by atoms with Crippen LogP contribution in [0.1, 0.15) is 19.4 Å². The molecule has 1 aromatic carbocycles. The molecule has 0 aromatic heterocycles. The molecule has 1 aromatic rings. The first-order valence-corrected chi connectivity index (χ1v) is 5.18. The highest BCUT2D eigenvalue weighted by Crippen LogP contribution is 2.33.